The van der Waals surface area contributed by atoms with Gasteiger partial charge in [0.15, 0.2) is 0 Å². The second-order valence-electron chi connectivity index (χ2n) is 3.08. The van der Waals surface area contributed by atoms with Gasteiger partial charge in [0.25, 0.3) is 0 Å². The van der Waals surface area contributed by atoms with Crippen LogP contribution in [0.25, 0.3) is 0 Å². The topological polar surface area (TPSA) is 38.0 Å². The van der Waals surface area contributed by atoms with Gasteiger partial charge in [0.2, 0.25) is 0 Å². The molecule has 1 atom stereocenters. The fourth-order valence-corrected chi connectivity index (χ4v) is 1.55. The molecule has 2 rings (SSSR count). The summed E-state index contributed by atoms with van der Waals surface area (Å²) < 4.78 is 12.7. The van der Waals surface area contributed by atoms with Crippen molar-refractivity contribution in [2.24, 2.45) is 5.73 Å². The summed E-state index contributed by atoms with van der Waals surface area (Å²) in [6.45, 7) is 0.594. The molecule has 12 heavy (non-hydrogen) atoms. The Hall–Kier alpha value is -1.09. The van der Waals surface area contributed by atoms with E-state index in [4.69, 9.17) is 5.73 Å². The molecule has 1 aromatic rings. The number of fused-ring (bicyclic) bond motifs is 1. The van der Waals surface area contributed by atoms with E-state index in [1.165, 1.54) is 6.07 Å². The van der Waals surface area contributed by atoms with Crippen molar-refractivity contribution < 1.29 is 4.39 Å². The lowest BCUT2D eigenvalue weighted by Crippen LogP contribution is -2.25. The van der Waals surface area contributed by atoms with Crippen molar-refractivity contribution in [3.05, 3.63) is 29.6 Å². The van der Waals surface area contributed by atoms with Crippen LogP contribution in [0.15, 0.2) is 18.2 Å². The Kier molecular flexibility index (Phi) is 1.73. The van der Waals surface area contributed by atoms with E-state index in [1.807, 2.05) is 0 Å². The number of benzene rings is 1. The highest BCUT2D eigenvalue weighted by molar-refractivity contribution is 5.56. The highest BCUT2D eigenvalue weighted by Crippen LogP contribution is 2.25. The third-order valence-electron chi connectivity index (χ3n) is 2.18. The smallest absolute Gasteiger partial charge is 0.123 e. The number of hydrogen-bond donors (Lipinski definition) is 2. The highest BCUT2D eigenvalue weighted by atomic mass is 19.1. The Morgan fingerprint density at radius 1 is 1.58 bits per heavy atom. The number of hydrogen-bond acceptors (Lipinski definition) is 2. The van der Waals surface area contributed by atoms with Gasteiger partial charge in [0, 0.05) is 18.3 Å². The van der Waals surface area contributed by atoms with Gasteiger partial charge in [-0.2, -0.15) is 0 Å². The van der Waals surface area contributed by atoms with Gasteiger partial charge in [-0.15, -0.1) is 0 Å². The van der Waals surface area contributed by atoms with E-state index in [-0.39, 0.29) is 11.9 Å². The molecule has 1 aromatic carbocycles. The molecule has 3 heteroatoms. The lowest BCUT2D eigenvalue weighted by Gasteiger charge is -2.05. The molecule has 1 heterocycles. The highest BCUT2D eigenvalue weighted by Gasteiger charge is 2.18. The van der Waals surface area contributed by atoms with E-state index in [0.717, 1.165) is 17.7 Å². The third-order valence-corrected chi connectivity index (χ3v) is 2.18. The third kappa shape index (κ3) is 1.16. The van der Waals surface area contributed by atoms with Gasteiger partial charge in [0.1, 0.15) is 5.82 Å². The molecule has 0 aromatic heterocycles. The lowest BCUT2D eigenvalue weighted by atomic mass is 10.1. The summed E-state index contributed by atoms with van der Waals surface area (Å²) in [4.78, 5) is 0. The van der Waals surface area contributed by atoms with Crippen molar-refractivity contribution in [3.8, 4) is 0 Å². The number of halogens is 1. The SMILES string of the molecule is NC[C@@H]1Cc2cc(F)ccc2N1. The second-order valence-corrected chi connectivity index (χ2v) is 3.08. The summed E-state index contributed by atoms with van der Waals surface area (Å²) in [5.74, 6) is -0.173. The summed E-state index contributed by atoms with van der Waals surface area (Å²) >= 11 is 0. The normalized spacial score (nSPS) is 20.3. The predicted molar refractivity (Wildman–Crippen MR) is 46.6 cm³/mol. The maximum Gasteiger partial charge on any atom is 0.123 e. The first kappa shape index (κ1) is 7.55. The van der Waals surface area contributed by atoms with E-state index in [0.29, 0.717) is 6.54 Å². The molecular formula is C9H11FN2. The molecule has 3 N–H and O–H groups in total. The first-order valence-electron chi connectivity index (χ1n) is 4.04. The number of nitrogens with two attached hydrogens (primary N) is 1. The zero-order valence-electron chi connectivity index (χ0n) is 6.68. The van der Waals surface area contributed by atoms with Gasteiger partial charge in [-0.1, -0.05) is 0 Å². The van der Waals surface area contributed by atoms with Crippen LogP contribution in [0.1, 0.15) is 5.56 Å². The first-order chi connectivity index (χ1) is 5.79. The van der Waals surface area contributed by atoms with E-state index in [1.54, 1.807) is 12.1 Å². The van der Waals surface area contributed by atoms with Crippen molar-refractivity contribution in [2.75, 3.05) is 11.9 Å². The van der Waals surface area contributed by atoms with Crippen LogP contribution in [-0.2, 0) is 6.42 Å². The summed E-state index contributed by atoms with van der Waals surface area (Å²) in [6, 6.07) is 5.07. The molecular weight excluding hydrogens is 155 g/mol. The maximum atomic E-state index is 12.7. The summed E-state index contributed by atoms with van der Waals surface area (Å²) in [5.41, 5.74) is 7.55. The Morgan fingerprint density at radius 3 is 3.17 bits per heavy atom. The van der Waals surface area contributed by atoms with Gasteiger partial charge in [-0.3, -0.25) is 0 Å². The van der Waals surface area contributed by atoms with Crippen LogP contribution in [0, 0.1) is 5.82 Å². The van der Waals surface area contributed by atoms with Crippen LogP contribution in [0.4, 0.5) is 10.1 Å². The molecule has 0 unspecified atom stereocenters. The average Bonchev–Trinajstić information content (AvgIpc) is 2.46. The Morgan fingerprint density at radius 2 is 2.42 bits per heavy atom. The molecule has 0 radical (unpaired) electrons. The quantitative estimate of drug-likeness (QED) is 0.656. The van der Waals surface area contributed by atoms with E-state index in [2.05, 4.69) is 5.32 Å². The Bertz CT molecular complexity index is 299. The minimum atomic E-state index is -0.173. The molecule has 0 amide bonds. The monoisotopic (exact) mass is 166 g/mol. The molecule has 0 bridgehead atoms. The van der Waals surface area contributed by atoms with E-state index >= 15 is 0 Å². The minimum Gasteiger partial charge on any atom is -0.380 e. The zero-order valence-corrected chi connectivity index (χ0v) is 6.68. The van der Waals surface area contributed by atoms with Crippen molar-refractivity contribution in [1.29, 1.82) is 0 Å². The van der Waals surface area contributed by atoms with Crippen LogP contribution in [0.3, 0.4) is 0 Å². The molecule has 64 valence electrons. The number of nitrogens with one attached hydrogen (secondary N) is 1. The van der Waals surface area contributed by atoms with Gasteiger partial charge < -0.3 is 11.1 Å². The number of rotatable bonds is 1. The largest absolute Gasteiger partial charge is 0.380 e. The minimum absolute atomic E-state index is 0.173. The molecule has 0 aliphatic carbocycles. The molecule has 1 aliphatic rings. The van der Waals surface area contributed by atoms with Crippen LogP contribution in [0.5, 0.6) is 0 Å². The fourth-order valence-electron chi connectivity index (χ4n) is 1.55. The fraction of sp³-hybridized carbons (Fsp3) is 0.333. The van der Waals surface area contributed by atoms with Crippen LogP contribution < -0.4 is 11.1 Å². The molecule has 2 nitrogen and oxygen atoms in total. The van der Waals surface area contributed by atoms with E-state index < -0.39 is 0 Å². The average molecular weight is 166 g/mol. The van der Waals surface area contributed by atoms with Gasteiger partial charge >= 0.3 is 0 Å². The van der Waals surface area contributed by atoms with Gasteiger partial charge in [-0.05, 0) is 30.2 Å². The Balaban J connectivity index is 2.30. The maximum absolute atomic E-state index is 12.7. The molecule has 1 aliphatic heterocycles. The second kappa shape index (κ2) is 2.75. The molecule has 0 fully saturated rings. The van der Waals surface area contributed by atoms with Gasteiger partial charge in [-0.25, -0.2) is 4.39 Å². The standard InChI is InChI=1S/C9H11FN2/c10-7-1-2-9-6(3-7)4-8(5-11)12-9/h1-3,8,12H,4-5,11H2/t8-/m0/s1. The van der Waals surface area contributed by atoms with Gasteiger partial charge in [0.05, 0.1) is 0 Å². The van der Waals surface area contributed by atoms with Crippen molar-refractivity contribution in [3.63, 3.8) is 0 Å². The van der Waals surface area contributed by atoms with Crippen molar-refractivity contribution in [1.82, 2.24) is 0 Å². The summed E-state index contributed by atoms with van der Waals surface area (Å²) in [7, 11) is 0. The molecule has 0 saturated carbocycles. The predicted octanol–water partition coefficient (Wildman–Crippen LogP) is 1.12. The van der Waals surface area contributed by atoms with Crippen LogP contribution >= 0.6 is 0 Å². The van der Waals surface area contributed by atoms with E-state index in [9.17, 15) is 4.39 Å². The Labute approximate surface area is 70.6 Å². The van der Waals surface area contributed by atoms with Crippen molar-refractivity contribution >= 4 is 5.69 Å². The zero-order chi connectivity index (χ0) is 8.55. The molecule has 0 saturated heterocycles. The number of anilines is 1. The summed E-state index contributed by atoms with van der Waals surface area (Å²) in [6.07, 6.45) is 0.837. The molecule has 0 spiro atoms. The van der Waals surface area contributed by atoms with Crippen molar-refractivity contribution in [2.45, 2.75) is 12.5 Å². The van der Waals surface area contributed by atoms with Crippen LogP contribution in [0.2, 0.25) is 0 Å². The first-order valence-corrected chi connectivity index (χ1v) is 4.04. The van der Waals surface area contributed by atoms with Crippen LogP contribution in [-0.4, -0.2) is 12.6 Å². The lowest BCUT2D eigenvalue weighted by molar-refractivity contribution is 0.626. The summed E-state index contributed by atoms with van der Waals surface area (Å²) in [5, 5.41) is 3.22.